The van der Waals surface area contributed by atoms with Gasteiger partial charge in [0.15, 0.2) is 0 Å². The van der Waals surface area contributed by atoms with Gasteiger partial charge in [-0.3, -0.25) is 4.90 Å². The fourth-order valence-electron chi connectivity index (χ4n) is 3.91. The molecule has 128 valence electrons. The van der Waals surface area contributed by atoms with E-state index >= 15 is 0 Å². The fraction of sp³-hybridized carbons (Fsp3) is 0.556. The van der Waals surface area contributed by atoms with Crippen molar-refractivity contribution in [2.75, 3.05) is 26.3 Å². The van der Waals surface area contributed by atoms with E-state index in [2.05, 4.69) is 14.9 Å². The third-order valence-corrected chi connectivity index (χ3v) is 5.86. The van der Waals surface area contributed by atoms with Gasteiger partial charge in [0.1, 0.15) is 5.01 Å². The summed E-state index contributed by atoms with van der Waals surface area (Å²) < 4.78 is 12.3. The molecule has 0 unspecified atom stereocenters. The Morgan fingerprint density at radius 3 is 3.17 bits per heavy atom. The molecule has 3 heterocycles. The highest BCUT2D eigenvalue weighted by atomic mass is 32.1. The number of aromatic nitrogens is 2. The first kappa shape index (κ1) is 16.0. The molecule has 0 bridgehead atoms. The van der Waals surface area contributed by atoms with Crippen molar-refractivity contribution in [3.8, 4) is 5.88 Å². The van der Waals surface area contributed by atoms with Crippen LogP contribution in [0.15, 0.2) is 36.0 Å². The Kier molecular flexibility index (Phi) is 4.78. The number of thiazole rings is 1. The van der Waals surface area contributed by atoms with E-state index in [9.17, 15) is 0 Å². The molecule has 1 aliphatic heterocycles. The summed E-state index contributed by atoms with van der Waals surface area (Å²) in [7, 11) is 0. The smallest absolute Gasteiger partial charge is 0.213 e. The summed E-state index contributed by atoms with van der Waals surface area (Å²) >= 11 is 1.73. The number of hydrogen-bond acceptors (Lipinski definition) is 6. The summed E-state index contributed by atoms with van der Waals surface area (Å²) in [5.41, 5.74) is -0.0652. The van der Waals surface area contributed by atoms with Gasteiger partial charge in [-0.05, 0) is 25.3 Å². The molecule has 4 rings (SSSR count). The van der Waals surface area contributed by atoms with Crippen LogP contribution in [0.1, 0.15) is 24.3 Å². The molecule has 2 aromatic rings. The minimum atomic E-state index is -0.0652. The lowest BCUT2D eigenvalue weighted by molar-refractivity contribution is -0.137. The molecule has 5 nitrogen and oxygen atoms in total. The molecule has 6 heteroatoms. The molecular formula is C18H23N3O2S. The second-order valence-electron chi connectivity index (χ2n) is 6.62. The van der Waals surface area contributed by atoms with Crippen LogP contribution in [0.5, 0.6) is 5.88 Å². The van der Waals surface area contributed by atoms with Crippen LogP contribution in [-0.2, 0) is 11.3 Å². The van der Waals surface area contributed by atoms with E-state index in [0.29, 0.717) is 18.4 Å². The maximum absolute atomic E-state index is 6.32. The zero-order valence-corrected chi connectivity index (χ0v) is 14.6. The SMILES string of the molecule is c1ccc(OC[C@@H]2CCC[C@@]23CN(Cc2nccs2)CCO3)nc1. The Hall–Kier alpha value is -1.50. The van der Waals surface area contributed by atoms with Gasteiger partial charge in [-0.1, -0.05) is 6.07 Å². The minimum Gasteiger partial charge on any atom is -0.477 e. The molecule has 2 atom stereocenters. The van der Waals surface area contributed by atoms with Gasteiger partial charge >= 0.3 is 0 Å². The van der Waals surface area contributed by atoms with Crippen molar-refractivity contribution in [2.24, 2.45) is 5.92 Å². The summed E-state index contributed by atoms with van der Waals surface area (Å²) in [6, 6.07) is 5.78. The van der Waals surface area contributed by atoms with Crippen molar-refractivity contribution in [1.82, 2.24) is 14.9 Å². The van der Waals surface area contributed by atoms with Crippen molar-refractivity contribution in [2.45, 2.75) is 31.4 Å². The third kappa shape index (κ3) is 3.45. The number of rotatable bonds is 5. The topological polar surface area (TPSA) is 47.5 Å². The molecule has 0 radical (unpaired) electrons. The summed E-state index contributed by atoms with van der Waals surface area (Å²) in [6.45, 7) is 4.36. The lowest BCUT2D eigenvalue weighted by Crippen LogP contribution is -2.54. The Morgan fingerprint density at radius 2 is 2.33 bits per heavy atom. The Labute approximate surface area is 146 Å². The van der Waals surface area contributed by atoms with E-state index in [0.717, 1.165) is 39.1 Å². The Morgan fingerprint density at radius 1 is 1.33 bits per heavy atom. The van der Waals surface area contributed by atoms with Crippen molar-refractivity contribution in [3.05, 3.63) is 41.0 Å². The van der Waals surface area contributed by atoms with Gasteiger partial charge in [0, 0.05) is 42.8 Å². The van der Waals surface area contributed by atoms with Gasteiger partial charge in [-0.15, -0.1) is 11.3 Å². The van der Waals surface area contributed by atoms with Gasteiger partial charge in [0.25, 0.3) is 0 Å². The van der Waals surface area contributed by atoms with Crippen LogP contribution < -0.4 is 4.74 Å². The lowest BCUT2D eigenvalue weighted by Gasteiger charge is -2.43. The van der Waals surface area contributed by atoms with Crippen molar-refractivity contribution < 1.29 is 9.47 Å². The number of pyridine rings is 1. The largest absolute Gasteiger partial charge is 0.477 e. The molecule has 1 saturated heterocycles. The summed E-state index contributed by atoms with van der Waals surface area (Å²) in [6.07, 6.45) is 7.15. The first-order chi connectivity index (χ1) is 11.8. The molecule has 0 amide bonds. The van der Waals surface area contributed by atoms with Gasteiger partial charge < -0.3 is 9.47 Å². The molecular weight excluding hydrogens is 322 g/mol. The molecule has 1 spiro atoms. The van der Waals surface area contributed by atoms with Gasteiger partial charge in [0.05, 0.1) is 25.4 Å². The molecule has 2 aliphatic rings. The van der Waals surface area contributed by atoms with Gasteiger partial charge in [-0.2, -0.15) is 0 Å². The predicted molar refractivity (Wildman–Crippen MR) is 93.1 cm³/mol. The van der Waals surface area contributed by atoms with E-state index in [4.69, 9.17) is 9.47 Å². The minimum absolute atomic E-state index is 0.0652. The molecule has 0 N–H and O–H groups in total. The first-order valence-electron chi connectivity index (χ1n) is 8.63. The maximum Gasteiger partial charge on any atom is 0.213 e. The van der Waals surface area contributed by atoms with Crippen LogP contribution in [0.25, 0.3) is 0 Å². The Balaban J connectivity index is 1.40. The first-order valence-corrected chi connectivity index (χ1v) is 9.51. The fourth-order valence-corrected chi connectivity index (χ4v) is 4.56. The molecule has 24 heavy (non-hydrogen) atoms. The molecule has 0 aromatic carbocycles. The van der Waals surface area contributed by atoms with Crippen LogP contribution in [0.2, 0.25) is 0 Å². The molecule has 2 aromatic heterocycles. The number of morpholine rings is 1. The van der Waals surface area contributed by atoms with E-state index in [1.54, 1.807) is 17.5 Å². The van der Waals surface area contributed by atoms with Crippen LogP contribution in [0, 0.1) is 5.92 Å². The average molecular weight is 345 g/mol. The second kappa shape index (κ2) is 7.17. The van der Waals surface area contributed by atoms with Crippen molar-refractivity contribution >= 4 is 11.3 Å². The summed E-state index contributed by atoms with van der Waals surface area (Å²) in [4.78, 5) is 11.2. The molecule has 2 fully saturated rings. The quantitative estimate of drug-likeness (QED) is 0.834. The standard InChI is InChI=1S/C18H23N3O2S/c1-2-7-19-16(5-1)22-13-15-4-3-6-18(15)14-21(9-10-23-18)12-17-20-8-11-24-17/h1-2,5,7-8,11,15H,3-4,6,9-10,12-14H2/t15-,18+/m0/s1. The van der Waals surface area contributed by atoms with E-state index in [1.165, 1.54) is 11.4 Å². The van der Waals surface area contributed by atoms with E-state index < -0.39 is 0 Å². The normalized spacial score (nSPS) is 27.6. The number of ether oxygens (including phenoxy) is 2. The summed E-state index contributed by atoms with van der Waals surface area (Å²) in [5, 5.41) is 3.23. The highest BCUT2D eigenvalue weighted by molar-refractivity contribution is 7.09. The maximum atomic E-state index is 6.32. The van der Waals surface area contributed by atoms with Gasteiger partial charge in [0.2, 0.25) is 5.88 Å². The lowest BCUT2D eigenvalue weighted by atomic mass is 9.89. The van der Waals surface area contributed by atoms with Crippen LogP contribution >= 0.6 is 11.3 Å². The Bertz CT molecular complexity index is 637. The van der Waals surface area contributed by atoms with E-state index in [1.807, 2.05) is 29.8 Å². The monoisotopic (exact) mass is 345 g/mol. The second-order valence-corrected chi connectivity index (χ2v) is 7.60. The highest BCUT2D eigenvalue weighted by Gasteiger charge is 2.47. The number of nitrogens with zero attached hydrogens (tertiary/aromatic N) is 3. The zero-order valence-electron chi connectivity index (χ0n) is 13.8. The zero-order chi connectivity index (χ0) is 16.2. The van der Waals surface area contributed by atoms with Crippen molar-refractivity contribution in [3.63, 3.8) is 0 Å². The molecule has 1 aliphatic carbocycles. The molecule has 1 saturated carbocycles. The highest BCUT2D eigenvalue weighted by Crippen LogP contribution is 2.41. The number of hydrogen-bond donors (Lipinski definition) is 0. The van der Waals surface area contributed by atoms with Gasteiger partial charge in [-0.25, -0.2) is 9.97 Å². The third-order valence-electron chi connectivity index (χ3n) is 5.10. The van der Waals surface area contributed by atoms with E-state index in [-0.39, 0.29) is 5.60 Å². The van der Waals surface area contributed by atoms with Crippen LogP contribution in [-0.4, -0.2) is 46.8 Å². The predicted octanol–water partition coefficient (Wildman–Crippen LogP) is 2.99. The van der Waals surface area contributed by atoms with Crippen LogP contribution in [0.4, 0.5) is 0 Å². The average Bonchev–Trinajstić information content (AvgIpc) is 3.25. The van der Waals surface area contributed by atoms with Crippen molar-refractivity contribution in [1.29, 1.82) is 0 Å². The van der Waals surface area contributed by atoms with Crippen LogP contribution in [0.3, 0.4) is 0 Å². The summed E-state index contributed by atoms with van der Waals surface area (Å²) in [5.74, 6) is 1.13.